The molecule has 21 heavy (non-hydrogen) atoms. The maximum atomic E-state index is 3.48. The fourth-order valence-electron chi connectivity index (χ4n) is 4.74. The molecule has 1 fully saturated rings. The first kappa shape index (κ1) is 14.9. The Balaban J connectivity index is 1.83. The molecule has 1 aromatic carbocycles. The van der Waals surface area contributed by atoms with Crippen LogP contribution < -0.4 is 10.2 Å². The Morgan fingerprint density at radius 1 is 1.29 bits per heavy atom. The van der Waals surface area contributed by atoms with Crippen LogP contribution in [0.2, 0.25) is 0 Å². The minimum absolute atomic E-state index is 0.456. The highest BCUT2D eigenvalue weighted by atomic mass is 15.2. The molecule has 3 rings (SSSR count). The SMILES string of the molecule is CNCC1(CN2c3ccccc3CC2C)CCCC(C)C1. The second-order valence-corrected chi connectivity index (χ2v) is 7.54. The molecule has 0 radical (unpaired) electrons. The molecule has 1 N–H and O–H groups in total. The fourth-order valence-corrected chi connectivity index (χ4v) is 4.74. The van der Waals surface area contributed by atoms with Crippen LogP contribution in [0.25, 0.3) is 0 Å². The molecule has 2 aliphatic rings. The molecule has 1 aliphatic heterocycles. The van der Waals surface area contributed by atoms with E-state index in [0.29, 0.717) is 11.5 Å². The van der Waals surface area contributed by atoms with Crippen molar-refractivity contribution in [3.8, 4) is 0 Å². The molecule has 0 spiro atoms. The lowest BCUT2D eigenvalue weighted by atomic mass is 9.69. The molecule has 1 heterocycles. The first-order valence-electron chi connectivity index (χ1n) is 8.63. The summed E-state index contributed by atoms with van der Waals surface area (Å²) < 4.78 is 0. The van der Waals surface area contributed by atoms with Crippen molar-refractivity contribution in [3.63, 3.8) is 0 Å². The topological polar surface area (TPSA) is 15.3 Å². The van der Waals surface area contributed by atoms with Crippen molar-refractivity contribution in [1.82, 2.24) is 5.32 Å². The molecule has 0 bridgehead atoms. The Bertz CT molecular complexity index is 480. The molecular formula is C19H30N2. The molecule has 116 valence electrons. The van der Waals surface area contributed by atoms with Crippen LogP contribution >= 0.6 is 0 Å². The zero-order valence-corrected chi connectivity index (χ0v) is 13.9. The Kier molecular flexibility index (Phi) is 4.26. The van der Waals surface area contributed by atoms with E-state index in [2.05, 4.69) is 55.4 Å². The molecular weight excluding hydrogens is 256 g/mol. The predicted octanol–water partition coefficient (Wildman–Crippen LogP) is 3.85. The highest BCUT2D eigenvalue weighted by Gasteiger charge is 2.38. The number of rotatable bonds is 4. The van der Waals surface area contributed by atoms with E-state index >= 15 is 0 Å². The van der Waals surface area contributed by atoms with Gasteiger partial charge in [0.05, 0.1) is 0 Å². The summed E-state index contributed by atoms with van der Waals surface area (Å²) in [6.07, 6.45) is 6.77. The summed E-state index contributed by atoms with van der Waals surface area (Å²) in [6, 6.07) is 9.64. The van der Waals surface area contributed by atoms with Crippen LogP contribution in [0.15, 0.2) is 24.3 Å². The Labute approximate surface area is 129 Å². The highest BCUT2D eigenvalue weighted by Crippen LogP contribution is 2.42. The summed E-state index contributed by atoms with van der Waals surface area (Å²) in [7, 11) is 2.11. The molecule has 3 atom stereocenters. The van der Waals surface area contributed by atoms with Crippen molar-refractivity contribution in [3.05, 3.63) is 29.8 Å². The van der Waals surface area contributed by atoms with Gasteiger partial charge in [-0.3, -0.25) is 0 Å². The van der Waals surface area contributed by atoms with E-state index in [1.54, 1.807) is 0 Å². The molecule has 1 saturated carbocycles. The first-order chi connectivity index (χ1) is 10.1. The van der Waals surface area contributed by atoms with Gasteiger partial charge in [-0.25, -0.2) is 0 Å². The summed E-state index contributed by atoms with van der Waals surface area (Å²) in [5.74, 6) is 0.875. The quantitative estimate of drug-likeness (QED) is 0.904. The van der Waals surface area contributed by atoms with E-state index in [4.69, 9.17) is 0 Å². The number of hydrogen-bond donors (Lipinski definition) is 1. The van der Waals surface area contributed by atoms with E-state index in [-0.39, 0.29) is 0 Å². The first-order valence-corrected chi connectivity index (χ1v) is 8.63. The van der Waals surface area contributed by atoms with Crippen LogP contribution in [-0.4, -0.2) is 26.2 Å². The number of para-hydroxylation sites is 1. The van der Waals surface area contributed by atoms with Crippen LogP contribution in [0.1, 0.15) is 45.1 Å². The van der Waals surface area contributed by atoms with Crippen LogP contribution in [0.3, 0.4) is 0 Å². The van der Waals surface area contributed by atoms with E-state index in [0.717, 1.165) is 12.5 Å². The second kappa shape index (κ2) is 6.00. The summed E-state index contributed by atoms with van der Waals surface area (Å²) in [5, 5.41) is 3.48. The third kappa shape index (κ3) is 2.96. The molecule has 2 heteroatoms. The molecule has 3 unspecified atom stereocenters. The zero-order valence-electron chi connectivity index (χ0n) is 13.9. The summed E-state index contributed by atoms with van der Waals surface area (Å²) in [5.41, 5.74) is 3.48. The minimum atomic E-state index is 0.456. The number of fused-ring (bicyclic) bond motifs is 1. The standard InChI is InChI=1S/C19H30N2/c1-15-7-6-10-19(12-15,13-20-3)14-21-16(2)11-17-8-4-5-9-18(17)21/h4-5,8-9,15-16,20H,6-7,10-14H2,1-3H3. The Morgan fingerprint density at radius 3 is 2.86 bits per heavy atom. The van der Waals surface area contributed by atoms with Gasteiger partial charge >= 0.3 is 0 Å². The van der Waals surface area contributed by atoms with Crippen LogP contribution in [0.4, 0.5) is 5.69 Å². The molecule has 2 nitrogen and oxygen atoms in total. The molecule has 0 saturated heterocycles. The summed E-state index contributed by atoms with van der Waals surface area (Å²) in [4.78, 5) is 2.69. The average molecular weight is 286 g/mol. The summed E-state index contributed by atoms with van der Waals surface area (Å²) in [6.45, 7) is 7.20. The number of hydrogen-bond acceptors (Lipinski definition) is 2. The van der Waals surface area contributed by atoms with Gasteiger partial charge in [-0.2, -0.15) is 0 Å². The lowest BCUT2D eigenvalue weighted by molar-refractivity contribution is 0.148. The third-order valence-corrected chi connectivity index (χ3v) is 5.59. The van der Waals surface area contributed by atoms with Crippen molar-refractivity contribution < 1.29 is 0 Å². The average Bonchev–Trinajstić information content (AvgIpc) is 2.75. The summed E-state index contributed by atoms with van der Waals surface area (Å²) >= 11 is 0. The van der Waals surface area contributed by atoms with Crippen molar-refractivity contribution in [2.75, 3.05) is 25.0 Å². The maximum absolute atomic E-state index is 3.48. The van der Waals surface area contributed by atoms with Gasteiger partial charge in [-0.1, -0.05) is 38.0 Å². The van der Waals surface area contributed by atoms with Crippen molar-refractivity contribution in [1.29, 1.82) is 0 Å². The van der Waals surface area contributed by atoms with Gasteiger partial charge in [0.25, 0.3) is 0 Å². The smallest absolute Gasteiger partial charge is 0.0402 e. The van der Waals surface area contributed by atoms with Gasteiger partial charge in [0.1, 0.15) is 0 Å². The van der Waals surface area contributed by atoms with Gasteiger partial charge in [0.15, 0.2) is 0 Å². The third-order valence-electron chi connectivity index (χ3n) is 5.59. The lowest BCUT2D eigenvalue weighted by Gasteiger charge is -2.44. The largest absolute Gasteiger partial charge is 0.368 e. The van der Waals surface area contributed by atoms with Crippen LogP contribution in [-0.2, 0) is 6.42 Å². The van der Waals surface area contributed by atoms with Gasteiger partial charge in [0.2, 0.25) is 0 Å². The highest BCUT2D eigenvalue weighted by molar-refractivity contribution is 5.59. The number of nitrogens with one attached hydrogen (secondary N) is 1. The van der Waals surface area contributed by atoms with Gasteiger partial charge < -0.3 is 10.2 Å². The Morgan fingerprint density at radius 2 is 2.10 bits per heavy atom. The second-order valence-electron chi connectivity index (χ2n) is 7.54. The van der Waals surface area contributed by atoms with Crippen LogP contribution in [0, 0.1) is 11.3 Å². The van der Waals surface area contributed by atoms with Gasteiger partial charge in [0, 0.05) is 30.2 Å². The van der Waals surface area contributed by atoms with Gasteiger partial charge in [-0.15, -0.1) is 0 Å². The zero-order chi connectivity index (χ0) is 14.9. The monoisotopic (exact) mass is 286 g/mol. The molecule has 0 aromatic heterocycles. The predicted molar refractivity (Wildman–Crippen MR) is 90.9 cm³/mol. The van der Waals surface area contributed by atoms with Gasteiger partial charge in [-0.05, 0) is 50.8 Å². The maximum Gasteiger partial charge on any atom is 0.0402 e. The number of anilines is 1. The normalized spacial score (nSPS) is 32.2. The van der Waals surface area contributed by atoms with E-state index in [1.807, 2.05) is 0 Å². The molecule has 1 aromatic rings. The van der Waals surface area contributed by atoms with E-state index in [1.165, 1.54) is 49.9 Å². The van der Waals surface area contributed by atoms with E-state index < -0.39 is 0 Å². The molecule has 0 amide bonds. The number of nitrogens with zero attached hydrogens (tertiary/aromatic N) is 1. The minimum Gasteiger partial charge on any atom is -0.368 e. The van der Waals surface area contributed by atoms with Crippen molar-refractivity contribution in [2.24, 2.45) is 11.3 Å². The lowest BCUT2D eigenvalue weighted by Crippen LogP contribution is -2.47. The Hall–Kier alpha value is -1.02. The van der Waals surface area contributed by atoms with Crippen molar-refractivity contribution >= 4 is 5.69 Å². The van der Waals surface area contributed by atoms with Crippen LogP contribution in [0.5, 0.6) is 0 Å². The number of benzene rings is 1. The fraction of sp³-hybridized carbons (Fsp3) is 0.684. The van der Waals surface area contributed by atoms with Crippen molar-refractivity contribution in [2.45, 2.75) is 52.0 Å². The molecule has 1 aliphatic carbocycles. The van der Waals surface area contributed by atoms with E-state index in [9.17, 15) is 0 Å².